The molecular formula is C11H17N3O4S. The summed E-state index contributed by atoms with van der Waals surface area (Å²) >= 11 is 0. The highest BCUT2D eigenvalue weighted by molar-refractivity contribution is 7.91. The van der Waals surface area contributed by atoms with E-state index in [9.17, 15) is 13.2 Å². The first-order chi connectivity index (χ1) is 8.96. The van der Waals surface area contributed by atoms with Crippen LogP contribution in [0.3, 0.4) is 0 Å². The molecule has 1 aliphatic rings. The molecule has 0 saturated carbocycles. The SMILES string of the molecule is O=C(O)CC1CS(=O)(=O)CCN1CCn1ccnc1. The predicted molar refractivity (Wildman–Crippen MR) is 68.5 cm³/mol. The summed E-state index contributed by atoms with van der Waals surface area (Å²) < 4.78 is 25.1. The van der Waals surface area contributed by atoms with E-state index in [1.54, 1.807) is 12.5 Å². The number of aromatic nitrogens is 2. The zero-order valence-corrected chi connectivity index (χ0v) is 11.3. The normalized spacial score (nSPS) is 23.3. The largest absolute Gasteiger partial charge is 0.481 e. The van der Waals surface area contributed by atoms with Crippen molar-refractivity contribution in [2.24, 2.45) is 0 Å². The molecular weight excluding hydrogens is 270 g/mol. The lowest BCUT2D eigenvalue weighted by atomic mass is 10.2. The third-order valence-corrected chi connectivity index (χ3v) is 4.96. The van der Waals surface area contributed by atoms with Gasteiger partial charge in [0, 0.05) is 38.1 Å². The van der Waals surface area contributed by atoms with Gasteiger partial charge in [-0.3, -0.25) is 9.69 Å². The number of hydrogen-bond donors (Lipinski definition) is 1. The van der Waals surface area contributed by atoms with Crippen LogP contribution in [0.15, 0.2) is 18.7 Å². The fraction of sp³-hybridized carbons (Fsp3) is 0.636. The van der Waals surface area contributed by atoms with E-state index in [2.05, 4.69) is 4.98 Å². The van der Waals surface area contributed by atoms with E-state index in [1.807, 2.05) is 15.7 Å². The summed E-state index contributed by atoms with van der Waals surface area (Å²) in [4.78, 5) is 16.7. The van der Waals surface area contributed by atoms with Gasteiger partial charge < -0.3 is 9.67 Å². The minimum absolute atomic E-state index is 0.0662. The molecule has 2 rings (SSSR count). The molecule has 1 fully saturated rings. The smallest absolute Gasteiger partial charge is 0.304 e. The molecule has 0 aliphatic carbocycles. The average molecular weight is 287 g/mol. The predicted octanol–water partition coefficient (Wildman–Crippen LogP) is -0.543. The standard InChI is InChI=1S/C11H17N3O4S/c15-11(16)7-10-8-19(17,18)6-5-14(10)4-3-13-2-1-12-9-13/h1-2,9-10H,3-8H2,(H,15,16). The molecule has 1 aliphatic heterocycles. The second-order valence-electron chi connectivity index (χ2n) is 4.70. The monoisotopic (exact) mass is 287 g/mol. The van der Waals surface area contributed by atoms with E-state index >= 15 is 0 Å². The van der Waals surface area contributed by atoms with Gasteiger partial charge in [-0.15, -0.1) is 0 Å². The lowest BCUT2D eigenvalue weighted by Crippen LogP contribution is -2.50. The van der Waals surface area contributed by atoms with Gasteiger partial charge in [-0.1, -0.05) is 0 Å². The number of rotatable bonds is 5. The molecule has 0 amide bonds. The van der Waals surface area contributed by atoms with Crippen molar-refractivity contribution >= 4 is 15.8 Å². The van der Waals surface area contributed by atoms with Crippen molar-refractivity contribution in [2.75, 3.05) is 24.6 Å². The summed E-state index contributed by atoms with van der Waals surface area (Å²) in [6.07, 6.45) is 5.05. The van der Waals surface area contributed by atoms with Crippen molar-refractivity contribution < 1.29 is 18.3 Å². The van der Waals surface area contributed by atoms with Crippen molar-refractivity contribution in [2.45, 2.75) is 19.0 Å². The summed E-state index contributed by atoms with van der Waals surface area (Å²) in [5, 5.41) is 8.87. The van der Waals surface area contributed by atoms with Crippen molar-refractivity contribution in [3.8, 4) is 0 Å². The Kier molecular flexibility index (Phi) is 4.20. The molecule has 0 spiro atoms. The highest BCUT2D eigenvalue weighted by Gasteiger charge is 2.32. The Morgan fingerprint density at radius 3 is 2.84 bits per heavy atom. The average Bonchev–Trinajstić information content (AvgIpc) is 2.79. The summed E-state index contributed by atoms with van der Waals surface area (Å²) in [7, 11) is -3.11. The minimum Gasteiger partial charge on any atom is -0.481 e. The van der Waals surface area contributed by atoms with Crippen LogP contribution in [0.2, 0.25) is 0 Å². The molecule has 1 unspecified atom stereocenters. The molecule has 7 nitrogen and oxygen atoms in total. The minimum atomic E-state index is -3.11. The van der Waals surface area contributed by atoms with Crippen LogP contribution < -0.4 is 0 Å². The van der Waals surface area contributed by atoms with Crippen LogP contribution in [0.5, 0.6) is 0 Å². The maximum atomic E-state index is 11.6. The first-order valence-electron chi connectivity index (χ1n) is 6.08. The van der Waals surface area contributed by atoms with E-state index in [0.717, 1.165) is 0 Å². The quantitative estimate of drug-likeness (QED) is 0.781. The van der Waals surface area contributed by atoms with E-state index in [1.165, 1.54) is 0 Å². The van der Waals surface area contributed by atoms with Crippen molar-refractivity contribution in [1.82, 2.24) is 14.5 Å². The van der Waals surface area contributed by atoms with Crippen LogP contribution >= 0.6 is 0 Å². The molecule has 19 heavy (non-hydrogen) atoms. The van der Waals surface area contributed by atoms with Crippen LogP contribution in [0, 0.1) is 0 Å². The van der Waals surface area contributed by atoms with Crippen LogP contribution in [0.4, 0.5) is 0 Å². The zero-order valence-electron chi connectivity index (χ0n) is 10.5. The van der Waals surface area contributed by atoms with Crippen molar-refractivity contribution in [1.29, 1.82) is 0 Å². The van der Waals surface area contributed by atoms with Gasteiger partial charge in [-0.2, -0.15) is 0 Å². The molecule has 0 aromatic carbocycles. The first-order valence-corrected chi connectivity index (χ1v) is 7.90. The molecule has 1 saturated heterocycles. The van der Waals surface area contributed by atoms with Gasteiger partial charge >= 0.3 is 5.97 Å². The number of imidazole rings is 1. The Morgan fingerprint density at radius 2 is 2.21 bits per heavy atom. The number of carboxylic acids is 1. The fourth-order valence-corrected chi connectivity index (χ4v) is 3.86. The number of carbonyl (C=O) groups is 1. The number of carboxylic acid groups (broad SMARTS) is 1. The Bertz CT molecular complexity index is 526. The molecule has 2 heterocycles. The van der Waals surface area contributed by atoms with Crippen LogP contribution in [0.1, 0.15) is 6.42 Å². The van der Waals surface area contributed by atoms with Gasteiger partial charge in [0.2, 0.25) is 0 Å². The van der Waals surface area contributed by atoms with Crippen LogP contribution in [0.25, 0.3) is 0 Å². The summed E-state index contributed by atoms with van der Waals surface area (Å²) in [6.45, 7) is 1.70. The van der Waals surface area contributed by atoms with Gasteiger partial charge in [0.15, 0.2) is 9.84 Å². The number of hydrogen-bond acceptors (Lipinski definition) is 5. The first kappa shape index (κ1) is 14.0. The zero-order chi connectivity index (χ0) is 13.9. The lowest BCUT2D eigenvalue weighted by molar-refractivity contribution is -0.138. The van der Waals surface area contributed by atoms with E-state index in [-0.39, 0.29) is 17.9 Å². The Morgan fingerprint density at radius 1 is 1.42 bits per heavy atom. The number of nitrogens with zero attached hydrogens (tertiary/aromatic N) is 3. The Labute approximate surface area is 111 Å². The van der Waals surface area contributed by atoms with E-state index in [0.29, 0.717) is 19.6 Å². The van der Waals surface area contributed by atoms with Gasteiger partial charge in [0.25, 0.3) is 0 Å². The maximum absolute atomic E-state index is 11.6. The molecule has 1 atom stereocenters. The highest BCUT2D eigenvalue weighted by Crippen LogP contribution is 2.15. The Balaban J connectivity index is 1.98. The van der Waals surface area contributed by atoms with Gasteiger partial charge in [0.1, 0.15) is 0 Å². The fourth-order valence-electron chi connectivity index (χ4n) is 2.27. The summed E-state index contributed by atoms with van der Waals surface area (Å²) in [5.41, 5.74) is 0. The van der Waals surface area contributed by atoms with Gasteiger partial charge in [0.05, 0.1) is 24.3 Å². The topological polar surface area (TPSA) is 92.5 Å². The Hall–Kier alpha value is -1.41. The summed E-state index contributed by atoms with van der Waals surface area (Å²) in [6, 6.07) is -0.431. The van der Waals surface area contributed by atoms with Crippen LogP contribution in [-0.2, 0) is 21.2 Å². The maximum Gasteiger partial charge on any atom is 0.304 e. The van der Waals surface area contributed by atoms with Gasteiger partial charge in [-0.25, -0.2) is 13.4 Å². The highest BCUT2D eigenvalue weighted by atomic mass is 32.2. The molecule has 1 aromatic rings. The molecule has 8 heteroatoms. The molecule has 106 valence electrons. The molecule has 0 bridgehead atoms. The van der Waals surface area contributed by atoms with Crippen molar-refractivity contribution in [3.05, 3.63) is 18.7 Å². The molecule has 1 N–H and O–H groups in total. The second-order valence-corrected chi connectivity index (χ2v) is 6.93. The number of aliphatic carboxylic acids is 1. The number of sulfone groups is 1. The van der Waals surface area contributed by atoms with E-state index < -0.39 is 21.8 Å². The second kappa shape index (κ2) is 5.70. The molecule has 0 radical (unpaired) electrons. The third kappa shape index (κ3) is 4.03. The van der Waals surface area contributed by atoms with E-state index in [4.69, 9.17) is 5.11 Å². The van der Waals surface area contributed by atoms with Crippen LogP contribution in [-0.4, -0.2) is 64.6 Å². The van der Waals surface area contributed by atoms with Gasteiger partial charge in [-0.05, 0) is 0 Å². The van der Waals surface area contributed by atoms with Crippen molar-refractivity contribution in [3.63, 3.8) is 0 Å². The summed E-state index contributed by atoms with van der Waals surface area (Å²) in [5.74, 6) is -0.925. The molecule has 1 aromatic heterocycles. The lowest BCUT2D eigenvalue weighted by Gasteiger charge is -2.34. The third-order valence-electron chi connectivity index (χ3n) is 3.27.